The molecule has 2 N–H and O–H groups in total. The molecule has 4 aliphatic rings. The van der Waals surface area contributed by atoms with Crippen molar-refractivity contribution in [2.24, 2.45) is 41.4 Å². The Morgan fingerprint density at radius 3 is 2.32 bits per heavy atom. The van der Waals surface area contributed by atoms with Gasteiger partial charge in [0.15, 0.2) is 5.78 Å². The number of cyclic esters (lactones) is 1. The largest absolute Gasteiger partial charge is 0.460 e. The van der Waals surface area contributed by atoms with E-state index < -0.39 is 65.4 Å². The number of allylic oxidation sites excluding steroid dienone is 6. The smallest absolute Gasteiger partial charge is 0.329 e. The molecular weight excluding hydrogens is 883 g/mol. The van der Waals surface area contributed by atoms with Gasteiger partial charge in [-0.15, -0.1) is 5.10 Å². The molecule has 2 aliphatic heterocycles. The third-order valence-electron chi connectivity index (χ3n) is 15.8. The number of rotatable bonds is 7. The number of hydrogen-bond donors (Lipinski definition) is 2. The van der Waals surface area contributed by atoms with Crippen LogP contribution in [0.4, 0.5) is 0 Å². The number of hydrogen-bond acceptors (Lipinski definition) is 14. The maximum Gasteiger partial charge on any atom is 0.329 e. The Balaban J connectivity index is 1.46. The predicted octanol–water partition coefficient (Wildman–Crippen LogP) is 6.71. The maximum atomic E-state index is 14.5. The second-order valence-corrected chi connectivity index (χ2v) is 20.9. The molecule has 16 nitrogen and oxygen atoms in total. The number of aromatic nitrogens is 4. The Labute approximate surface area is 409 Å². The second-order valence-electron chi connectivity index (χ2n) is 20.9. The van der Waals surface area contributed by atoms with Crippen LogP contribution in [0.5, 0.6) is 0 Å². The number of aliphatic hydroxyl groups excluding tert-OH is 1. The number of tetrazole rings is 1. The van der Waals surface area contributed by atoms with Crippen LogP contribution in [-0.2, 0) is 42.9 Å². The molecule has 5 rings (SSSR count). The van der Waals surface area contributed by atoms with Crippen LogP contribution in [0, 0.1) is 41.4 Å². The van der Waals surface area contributed by atoms with E-state index >= 15 is 0 Å². The molecule has 15 atom stereocenters. The fraction of sp³-hybridized carbons (Fsp3) is 0.736. The van der Waals surface area contributed by atoms with Crippen LogP contribution in [0.1, 0.15) is 138 Å². The summed E-state index contributed by atoms with van der Waals surface area (Å²) in [5.41, 5.74) is -0.572. The van der Waals surface area contributed by atoms with Gasteiger partial charge < -0.3 is 34.1 Å². The van der Waals surface area contributed by atoms with E-state index in [0.717, 1.165) is 24.8 Å². The Morgan fingerprint density at radius 1 is 0.884 bits per heavy atom. The number of aliphatic hydroxyl groups is 2. The van der Waals surface area contributed by atoms with Crippen LogP contribution < -0.4 is 0 Å². The molecule has 3 fully saturated rings. The van der Waals surface area contributed by atoms with E-state index in [-0.39, 0.29) is 79.3 Å². The molecule has 1 aromatic heterocycles. The molecule has 16 heteroatoms. The predicted molar refractivity (Wildman–Crippen MR) is 259 cm³/mol. The third-order valence-corrected chi connectivity index (χ3v) is 15.8. The number of piperidine rings is 1. The number of carbonyl (C=O) groups is 5. The summed E-state index contributed by atoms with van der Waals surface area (Å²) >= 11 is 0. The molecule has 1 aromatic rings. The summed E-state index contributed by atoms with van der Waals surface area (Å²) in [6.07, 6.45) is 15.8. The molecule has 0 radical (unpaired) electrons. The number of ketones is 3. The molecule has 1 saturated heterocycles. The molecule has 0 aromatic carbocycles. The van der Waals surface area contributed by atoms with Crippen LogP contribution in [-0.4, -0.2) is 135 Å². The first-order valence-corrected chi connectivity index (χ1v) is 25.4. The first kappa shape index (κ1) is 55.7. The summed E-state index contributed by atoms with van der Waals surface area (Å²) in [5.74, 6) is -4.89. The summed E-state index contributed by atoms with van der Waals surface area (Å²) in [6.45, 7) is 13.1. The lowest BCUT2D eigenvalue weighted by Gasteiger charge is -2.43. The summed E-state index contributed by atoms with van der Waals surface area (Å²) in [5, 5.41) is 35.4. The van der Waals surface area contributed by atoms with Crippen LogP contribution in [0.25, 0.3) is 0 Å². The van der Waals surface area contributed by atoms with E-state index in [1.807, 2.05) is 58.1 Å². The van der Waals surface area contributed by atoms with Gasteiger partial charge in [0.1, 0.15) is 42.1 Å². The SMILES string of the molecule is CO[C@H]1CC2CC[C@@H](C)[C@@](O)(C2)C(=O)C(=O)N2CCCC[C@H]2C(=O)O[C@H]([C@H](C)C[C@@H]2CC[C@H](n3cnnn3)[C@H](OC)C2)CC(=O)[C@H](C)/C=C(\C)[C@@H](O)[C@@H](OC)C(=O)[C@H](C)C[C@H](C)/C=C/C=C/C=C/1C. The van der Waals surface area contributed by atoms with Gasteiger partial charge in [-0.2, -0.15) is 0 Å². The van der Waals surface area contributed by atoms with Crippen LogP contribution in [0.3, 0.4) is 0 Å². The average Bonchev–Trinajstić information content (AvgIpc) is 3.88. The van der Waals surface area contributed by atoms with Gasteiger partial charge in [-0.1, -0.05) is 71.1 Å². The van der Waals surface area contributed by atoms with Gasteiger partial charge in [-0.3, -0.25) is 19.2 Å². The van der Waals surface area contributed by atoms with E-state index in [9.17, 15) is 34.2 Å². The zero-order valence-electron chi connectivity index (χ0n) is 42.8. The van der Waals surface area contributed by atoms with E-state index in [4.69, 9.17) is 18.9 Å². The minimum absolute atomic E-state index is 0.0335. The first-order chi connectivity index (χ1) is 32.8. The molecule has 2 aliphatic carbocycles. The van der Waals surface area contributed by atoms with Crippen molar-refractivity contribution in [1.82, 2.24) is 25.1 Å². The molecular formula is C53H81N5O11. The Morgan fingerprint density at radius 2 is 1.64 bits per heavy atom. The van der Waals surface area contributed by atoms with Gasteiger partial charge in [-0.05, 0) is 142 Å². The van der Waals surface area contributed by atoms with E-state index in [2.05, 4.69) is 15.5 Å². The van der Waals surface area contributed by atoms with Gasteiger partial charge in [0.05, 0.1) is 18.2 Å². The molecule has 384 valence electrons. The Kier molecular flexibility index (Phi) is 20.8. The number of Topliss-reactive ketones (excluding diaryl/α,β-unsaturated/α-hetero) is 3. The average molecular weight is 964 g/mol. The summed E-state index contributed by atoms with van der Waals surface area (Å²) in [6, 6.07) is -1.13. The van der Waals surface area contributed by atoms with Crippen molar-refractivity contribution in [1.29, 1.82) is 0 Å². The first-order valence-electron chi connectivity index (χ1n) is 25.4. The maximum absolute atomic E-state index is 14.5. The molecule has 69 heavy (non-hydrogen) atoms. The number of carbonyl (C=O) groups excluding carboxylic acids is 5. The Bertz CT molecular complexity index is 2020. The van der Waals surface area contributed by atoms with Gasteiger partial charge in [0, 0.05) is 46.1 Å². The summed E-state index contributed by atoms with van der Waals surface area (Å²) < 4.78 is 25.5. The zero-order chi connectivity index (χ0) is 50.6. The lowest BCUT2D eigenvalue weighted by atomic mass is 9.67. The summed E-state index contributed by atoms with van der Waals surface area (Å²) in [7, 11) is 4.69. The highest BCUT2D eigenvalue weighted by Gasteiger charge is 2.51. The topological polar surface area (TPSA) is 210 Å². The standard InChI is InChI=1S/C53H81N5O11/c1-32-16-12-11-13-17-33(2)44(66-8)28-40-20-19-38(7)53(65,30-40)50(62)51(63)57-23-15-14-18-42(57)52(64)69-45(35(4)26-39-21-22-41(46(27-39)67-9)58-31-54-55-56-58)29-43(59)34(3)25-37(6)48(61)49(68-10)47(60)36(5)24-32/h11-13,16-17,25,31-32,34-36,38-42,44-46,48-49,61,65H,14-15,18-24,26-30H2,1-10H3/b13-11+,16-12+,33-17+,37-25+/t32-,34-,35-,36-,38-,39+,40?,41+,42+,44+,45+,46-,48-,49+,53+/m1/s1. The minimum Gasteiger partial charge on any atom is -0.460 e. The number of amides is 1. The molecule has 2 bridgehead atoms. The van der Waals surface area contributed by atoms with E-state index in [1.54, 1.807) is 52.1 Å². The minimum atomic E-state index is -1.93. The van der Waals surface area contributed by atoms with Crippen LogP contribution >= 0.6 is 0 Å². The van der Waals surface area contributed by atoms with Crippen molar-refractivity contribution in [2.45, 2.75) is 180 Å². The van der Waals surface area contributed by atoms with Crippen molar-refractivity contribution in [3.8, 4) is 0 Å². The highest BCUT2D eigenvalue weighted by molar-refractivity contribution is 6.39. The lowest BCUT2D eigenvalue weighted by molar-refractivity contribution is -0.171. The summed E-state index contributed by atoms with van der Waals surface area (Å²) in [4.78, 5) is 72.6. The Hall–Kier alpha value is -4.22. The molecule has 0 spiro atoms. The van der Waals surface area contributed by atoms with Crippen molar-refractivity contribution in [3.05, 3.63) is 53.9 Å². The third kappa shape index (κ3) is 14.2. The van der Waals surface area contributed by atoms with E-state index in [1.165, 1.54) is 12.0 Å². The molecule has 1 amide bonds. The fourth-order valence-electron chi connectivity index (χ4n) is 11.3. The van der Waals surface area contributed by atoms with Crippen molar-refractivity contribution >= 4 is 29.2 Å². The van der Waals surface area contributed by atoms with Crippen molar-refractivity contribution in [2.75, 3.05) is 27.9 Å². The number of esters is 1. The quantitative estimate of drug-likeness (QED) is 0.165. The van der Waals surface area contributed by atoms with Gasteiger partial charge in [0.2, 0.25) is 0 Å². The zero-order valence-corrected chi connectivity index (χ0v) is 42.8. The van der Waals surface area contributed by atoms with E-state index in [0.29, 0.717) is 50.5 Å². The molecule has 1 unspecified atom stereocenters. The van der Waals surface area contributed by atoms with Gasteiger partial charge in [0.25, 0.3) is 11.7 Å². The van der Waals surface area contributed by atoms with Gasteiger partial charge in [-0.25, -0.2) is 9.48 Å². The second kappa shape index (κ2) is 25.8. The number of fused-ring (bicyclic) bond motifs is 3. The van der Waals surface area contributed by atoms with Gasteiger partial charge >= 0.3 is 5.97 Å². The molecule has 2 saturated carbocycles. The van der Waals surface area contributed by atoms with Crippen LogP contribution in [0.2, 0.25) is 0 Å². The normalized spacial score (nSPS) is 38.8. The van der Waals surface area contributed by atoms with Crippen molar-refractivity contribution < 1.29 is 53.1 Å². The number of ether oxygens (including phenoxy) is 4. The highest BCUT2D eigenvalue weighted by Crippen LogP contribution is 2.42. The fourth-order valence-corrected chi connectivity index (χ4v) is 11.3. The highest BCUT2D eigenvalue weighted by atomic mass is 16.5. The van der Waals surface area contributed by atoms with Crippen molar-refractivity contribution in [3.63, 3.8) is 0 Å². The molecule has 3 heterocycles. The number of methoxy groups -OCH3 is 3. The van der Waals surface area contributed by atoms with Crippen LogP contribution in [0.15, 0.2) is 53.9 Å². The monoisotopic (exact) mass is 964 g/mol. The number of nitrogens with zero attached hydrogens (tertiary/aromatic N) is 5. The lowest BCUT2D eigenvalue weighted by Crippen LogP contribution is -2.59.